The van der Waals surface area contributed by atoms with Crippen LogP contribution in [0, 0.1) is 0 Å². The molecular formula is C18H30N4O2S2. The Bertz CT molecular complexity index is 702. The number of benzene rings is 1. The lowest BCUT2D eigenvalue weighted by Crippen LogP contribution is -2.42. The van der Waals surface area contributed by atoms with Crippen LogP contribution in [0.5, 0.6) is 0 Å². The highest BCUT2D eigenvalue weighted by molar-refractivity contribution is 7.99. The second kappa shape index (κ2) is 9.62. The highest BCUT2D eigenvalue weighted by Gasteiger charge is 2.24. The average molecular weight is 399 g/mol. The van der Waals surface area contributed by atoms with Crippen molar-refractivity contribution in [3.63, 3.8) is 0 Å². The molecule has 0 bridgehead atoms. The minimum atomic E-state index is -3.39. The monoisotopic (exact) mass is 398 g/mol. The van der Waals surface area contributed by atoms with Crippen LogP contribution in [0.1, 0.15) is 31.7 Å². The molecule has 26 heavy (non-hydrogen) atoms. The molecule has 0 heterocycles. The average Bonchev–Trinajstić information content (AvgIpc) is 3.07. The smallest absolute Gasteiger partial charge is 0.242 e. The van der Waals surface area contributed by atoms with E-state index in [1.807, 2.05) is 23.9 Å². The summed E-state index contributed by atoms with van der Waals surface area (Å²) >= 11 is 1.94. The van der Waals surface area contributed by atoms with Gasteiger partial charge in [0.1, 0.15) is 0 Å². The molecule has 2 unspecified atom stereocenters. The van der Waals surface area contributed by atoms with Gasteiger partial charge in [0.25, 0.3) is 0 Å². The maximum absolute atomic E-state index is 12.1. The number of nitrogens with one attached hydrogen (secondary N) is 2. The van der Waals surface area contributed by atoms with Gasteiger partial charge in [-0.15, -0.1) is 0 Å². The molecule has 2 atom stereocenters. The number of hydrogen-bond acceptors (Lipinski definition) is 4. The fraction of sp³-hybridized carbons (Fsp3) is 0.611. The molecule has 6 nitrogen and oxygen atoms in total. The zero-order valence-corrected chi connectivity index (χ0v) is 17.7. The third kappa shape index (κ3) is 5.62. The van der Waals surface area contributed by atoms with E-state index in [9.17, 15) is 8.42 Å². The van der Waals surface area contributed by atoms with Gasteiger partial charge in [-0.3, -0.25) is 0 Å². The molecule has 2 N–H and O–H groups in total. The van der Waals surface area contributed by atoms with Crippen LogP contribution in [0.2, 0.25) is 0 Å². The summed E-state index contributed by atoms with van der Waals surface area (Å²) in [5.74, 6) is 0.823. The van der Waals surface area contributed by atoms with Gasteiger partial charge in [0, 0.05) is 31.9 Å². The Morgan fingerprint density at radius 2 is 1.96 bits per heavy atom. The summed E-state index contributed by atoms with van der Waals surface area (Å²) in [4.78, 5) is 4.95. The summed E-state index contributed by atoms with van der Waals surface area (Å²) < 4.78 is 25.5. The third-order valence-electron chi connectivity index (χ3n) is 4.52. The van der Waals surface area contributed by atoms with Gasteiger partial charge in [0.2, 0.25) is 10.0 Å². The van der Waals surface area contributed by atoms with Crippen LogP contribution in [0.15, 0.2) is 34.2 Å². The third-order valence-corrected chi connectivity index (χ3v) is 7.45. The number of hydrogen-bond donors (Lipinski definition) is 2. The quantitative estimate of drug-likeness (QED) is 0.544. The van der Waals surface area contributed by atoms with Crippen LogP contribution < -0.4 is 10.6 Å². The Morgan fingerprint density at radius 1 is 1.27 bits per heavy atom. The largest absolute Gasteiger partial charge is 0.357 e. The zero-order valence-electron chi connectivity index (χ0n) is 16.0. The summed E-state index contributed by atoms with van der Waals surface area (Å²) in [7, 11) is -0.318. The molecule has 1 aromatic carbocycles. The van der Waals surface area contributed by atoms with E-state index in [-0.39, 0.29) is 0 Å². The number of nitrogens with zero attached hydrogens (tertiary/aromatic N) is 2. The second-order valence-corrected chi connectivity index (χ2v) is 9.93. The van der Waals surface area contributed by atoms with Crippen molar-refractivity contribution in [1.29, 1.82) is 0 Å². The molecule has 0 spiro atoms. The van der Waals surface area contributed by atoms with Gasteiger partial charge >= 0.3 is 0 Å². The summed E-state index contributed by atoms with van der Waals surface area (Å²) in [5.41, 5.74) is 0.980. The van der Waals surface area contributed by atoms with Crippen molar-refractivity contribution in [1.82, 2.24) is 14.9 Å². The first-order valence-corrected chi connectivity index (χ1v) is 11.7. The van der Waals surface area contributed by atoms with Crippen molar-refractivity contribution in [2.24, 2.45) is 4.99 Å². The Hall–Kier alpha value is -1.25. The van der Waals surface area contributed by atoms with Gasteiger partial charge in [-0.25, -0.2) is 17.7 Å². The van der Waals surface area contributed by atoms with E-state index in [0.29, 0.717) is 17.5 Å². The Kier molecular flexibility index (Phi) is 7.79. The van der Waals surface area contributed by atoms with Crippen molar-refractivity contribution in [2.75, 3.05) is 26.9 Å². The molecular weight excluding hydrogens is 368 g/mol. The number of aliphatic imine (C=N–C) groups is 1. The van der Waals surface area contributed by atoms with E-state index in [0.717, 1.165) is 23.3 Å². The highest BCUT2D eigenvalue weighted by atomic mass is 32.2. The molecule has 146 valence electrons. The lowest BCUT2D eigenvalue weighted by Gasteiger charge is -2.17. The summed E-state index contributed by atoms with van der Waals surface area (Å²) in [6.07, 6.45) is 5.77. The van der Waals surface area contributed by atoms with Crippen molar-refractivity contribution in [2.45, 2.75) is 48.9 Å². The lowest BCUT2D eigenvalue weighted by molar-refractivity contribution is 0.520. The predicted molar refractivity (Wildman–Crippen MR) is 110 cm³/mol. The van der Waals surface area contributed by atoms with Crippen LogP contribution in [0.4, 0.5) is 0 Å². The van der Waals surface area contributed by atoms with Gasteiger partial charge in [0.15, 0.2) is 5.96 Å². The molecule has 0 aliphatic heterocycles. The first-order valence-electron chi connectivity index (χ1n) is 8.96. The van der Waals surface area contributed by atoms with Crippen LogP contribution in [0.3, 0.4) is 0 Å². The van der Waals surface area contributed by atoms with E-state index in [2.05, 4.69) is 28.8 Å². The van der Waals surface area contributed by atoms with Crippen LogP contribution in [0.25, 0.3) is 0 Å². The minimum absolute atomic E-state index is 0.300. The molecule has 1 fully saturated rings. The van der Waals surface area contributed by atoms with E-state index >= 15 is 0 Å². The first-order chi connectivity index (χ1) is 12.4. The van der Waals surface area contributed by atoms with Crippen LogP contribution >= 0.6 is 11.8 Å². The number of guanidine groups is 1. The maximum Gasteiger partial charge on any atom is 0.242 e. The van der Waals surface area contributed by atoms with E-state index in [1.54, 1.807) is 12.1 Å². The molecule has 0 radical (unpaired) electrons. The lowest BCUT2D eigenvalue weighted by atomic mass is 10.2. The Morgan fingerprint density at radius 3 is 2.50 bits per heavy atom. The zero-order chi connectivity index (χ0) is 19.2. The molecule has 2 rings (SSSR count). The second-order valence-electron chi connectivity index (χ2n) is 6.64. The Labute approximate surface area is 161 Å². The number of sulfonamides is 1. The number of thioether (sulfide) groups is 1. The molecule has 0 amide bonds. The van der Waals surface area contributed by atoms with Crippen molar-refractivity contribution in [3.8, 4) is 0 Å². The fourth-order valence-corrected chi connectivity index (χ4v) is 4.64. The summed E-state index contributed by atoms with van der Waals surface area (Å²) in [5, 5.41) is 7.56. The predicted octanol–water partition coefficient (Wildman–Crippen LogP) is 2.28. The SMILES string of the molecule is CCNC(=NCc1ccc(S(=O)(=O)N(C)C)cc1)NC1CCC(SC)C1. The van der Waals surface area contributed by atoms with Crippen molar-refractivity contribution >= 4 is 27.7 Å². The molecule has 1 aromatic rings. The van der Waals surface area contributed by atoms with Crippen molar-refractivity contribution in [3.05, 3.63) is 29.8 Å². The van der Waals surface area contributed by atoms with Gasteiger partial charge in [-0.05, 0) is 50.1 Å². The molecule has 0 saturated heterocycles. The summed E-state index contributed by atoms with van der Waals surface area (Å²) in [6.45, 7) is 3.37. The molecule has 1 aliphatic rings. The van der Waals surface area contributed by atoms with Crippen LogP contribution in [-0.2, 0) is 16.6 Å². The highest BCUT2D eigenvalue weighted by Crippen LogP contribution is 2.28. The van der Waals surface area contributed by atoms with Gasteiger partial charge < -0.3 is 10.6 Å². The number of rotatable bonds is 7. The molecule has 8 heteroatoms. The van der Waals surface area contributed by atoms with E-state index in [1.165, 1.54) is 37.7 Å². The van der Waals surface area contributed by atoms with E-state index in [4.69, 9.17) is 0 Å². The summed E-state index contributed by atoms with van der Waals surface area (Å²) in [6, 6.07) is 7.39. The normalized spacial score (nSPS) is 21.2. The van der Waals surface area contributed by atoms with E-state index < -0.39 is 10.0 Å². The molecule has 1 saturated carbocycles. The first kappa shape index (κ1) is 21.1. The van der Waals surface area contributed by atoms with Gasteiger partial charge in [-0.2, -0.15) is 11.8 Å². The minimum Gasteiger partial charge on any atom is -0.357 e. The topological polar surface area (TPSA) is 73.8 Å². The standard InChI is InChI=1S/C18H30N4O2S2/c1-5-19-18(21-15-8-9-16(12-15)25-4)20-13-14-6-10-17(11-7-14)26(23,24)22(2)3/h6-7,10-11,15-16H,5,8-9,12-13H2,1-4H3,(H2,19,20,21). The Balaban J connectivity index is 2.00. The molecule has 1 aliphatic carbocycles. The van der Waals surface area contributed by atoms with Gasteiger partial charge in [-0.1, -0.05) is 12.1 Å². The van der Waals surface area contributed by atoms with Crippen LogP contribution in [-0.4, -0.2) is 56.9 Å². The molecule has 0 aromatic heterocycles. The fourth-order valence-electron chi connectivity index (χ4n) is 2.95. The van der Waals surface area contributed by atoms with Gasteiger partial charge in [0.05, 0.1) is 11.4 Å². The maximum atomic E-state index is 12.1. The van der Waals surface area contributed by atoms with Crippen molar-refractivity contribution < 1.29 is 8.42 Å².